The molecular weight excluding hydrogens is 304 g/mol. The molecule has 1 saturated carbocycles. The molecule has 1 aromatic rings. The number of alkyl halides is 2. The highest BCUT2D eigenvalue weighted by Crippen LogP contribution is 2.36. The molecule has 0 aromatic heterocycles. The molecule has 1 N–H and O–H groups in total. The molecule has 23 heavy (non-hydrogen) atoms. The molecule has 4 nitrogen and oxygen atoms in total. The van der Waals surface area contributed by atoms with Gasteiger partial charge in [0.2, 0.25) is 11.8 Å². The lowest BCUT2D eigenvalue weighted by atomic mass is 9.86. The van der Waals surface area contributed by atoms with Crippen molar-refractivity contribution >= 4 is 5.91 Å². The zero-order valence-electron chi connectivity index (χ0n) is 13.5. The van der Waals surface area contributed by atoms with Crippen LogP contribution < -0.4 is 14.8 Å². The molecule has 0 saturated heterocycles. The summed E-state index contributed by atoms with van der Waals surface area (Å²) in [5, 5.41) is 2.71. The maximum atomic E-state index is 13.3. The maximum Gasteiger partial charge on any atom is 0.248 e. The summed E-state index contributed by atoms with van der Waals surface area (Å²) in [5.74, 6) is -2.24. The van der Waals surface area contributed by atoms with Gasteiger partial charge >= 0.3 is 0 Å². The summed E-state index contributed by atoms with van der Waals surface area (Å²) in [6.07, 6.45) is 0.190. The number of benzene rings is 1. The number of carbonyl (C=O) groups excluding carboxylic acids is 1. The SMILES string of the molecule is COc1ccc(O[C@H](C)CNC(=O)[C@@H]2CCCC(F)(F)C2)cc1. The Bertz CT molecular complexity index is 519. The first-order valence-corrected chi connectivity index (χ1v) is 7.86. The molecule has 0 aliphatic heterocycles. The van der Waals surface area contributed by atoms with Crippen LogP contribution in [0.15, 0.2) is 24.3 Å². The number of rotatable bonds is 6. The summed E-state index contributed by atoms with van der Waals surface area (Å²) in [5.41, 5.74) is 0. The number of methoxy groups -OCH3 is 1. The Morgan fingerprint density at radius 2 is 2.00 bits per heavy atom. The Morgan fingerprint density at radius 1 is 1.35 bits per heavy atom. The molecule has 0 heterocycles. The van der Waals surface area contributed by atoms with Gasteiger partial charge in [-0.25, -0.2) is 8.78 Å². The van der Waals surface area contributed by atoms with Gasteiger partial charge in [-0.05, 0) is 44.0 Å². The average Bonchev–Trinajstić information content (AvgIpc) is 2.52. The lowest BCUT2D eigenvalue weighted by molar-refractivity contribution is -0.132. The first-order valence-electron chi connectivity index (χ1n) is 7.86. The van der Waals surface area contributed by atoms with Gasteiger partial charge in [-0.3, -0.25) is 4.79 Å². The van der Waals surface area contributed by atoms with Gasteiger partial charge < -0.3 is 14.8 Å². The van der Waals surface area contributed by atoms with Crippen molar-refractivity contribution in [2.75, 3.05) is 13.7 Å². The Kier molecular flexibility index (Phi) is 5.80. The second kappa shape index (κ2) is 7.62. The van der Waals surface area contributed by atoms with Crippen molar-refractivity contribution < 1.29 is 23.0 Å². The van der Waals surface area contributed by atoms with E-state index in [0.29, 0.717) is 18.6 Å². The number of hydrogen-bond donors (Lipinski definition) is 1. The van der Waals surface area contributed by atoms with Crippen molar-refractivity contribution in [3.05, 3.63) is 24.3 Å². The zero-order chi connectivity index (χ0) is 16.9. The molecule has 1 aliphatic carbocycles. The third kappa shape index (κ3) is 5.37. The molecule has 128 valence electrons. The normalized spacial score (nSPS) is 21.3. The molecular formula is C17H23F2NO3. The van der Waals surface area contributed by atoms with Crippen LogP contribution in [0.2, 0.25) is 0 Å². The van der Waals surface area contributed by atoms with Crippen LogP contribution >= 0.6 is 0 Å². The third-order valence-corrected chi connectivity index (χ3v) is 3.97. The quantitative estimate of drug-likeness (QED) is 0.871. The Hall–Kier alpha value is -1.85. The van der Waals surface area contributed by atoms with Gasteiger partial charge in [-0.1, -0.05) is 0 Å². The summed E-state index contributed by atoms with van der Waals surface area (Å²) in [6.45, 7) is 2.10. The summed E-state index contributed by atoms with van der Waals surface area (Å²) in [6, 6.07) is 7.12. The fraction of sp³-hybridized carbons (Fsp3) is 0.588. The van der Waals surface area contributed by atoms with Crippen LogP contribution in [0, 0.1) is 5.92 Å². The largest absolute Gasteiger partial charge is 0.497 e. The van der Waals surface area contributed by atoms with E-state index in [1.165, 1.54) is 0 Å². The van der Waals surface area contributed by atoms with Gasteiger partial charge in [0.05, 0.1) is 13.7 Å². The summed E-state index contributed by atoms with van der Waals surface area (Å²) < 4.78 is 37.4. The van der Waals surface area contributed by atoms with Crippen LogP contribution in [0.1, 0.15) is 32.6 Å². The van der Waals surface area contributed by atoms with E-state index >= 15 is 0 Å². The second-order valence-corrected chi connectivity index (χ2v) is 6.00. The number of ether oxygens (including phenoxy) is 2. The summed E-state index contributed by atoms with van der Waals surface area (Å²) >= 11 is 0. The highest BCUT2D eigenvalue weighted by Gasteiger charge is 2.39. The first kappa shape index (κ1) is 17.5. The predicted octanol–water partition coefficient (Wildman–Crippen LogP) is 3.40. The van der Waals surface area contributed by atoms with Crippen molar-refractivity contribution in [1.29, 1.82) is 0 Å². The van der Waals surface area contributed by atoms with Gasteiger partial charge in [-0.15, -0.1) is 0 Å². The molecule has 0 spiro atoms. The summed E-state index contributed by atoms with van der Waals surface area (Å²) in [4.78, 5) is 12.0. The van der Waals surface area contributed by atoms with Crippen LogP contribution in [0.5, 0.6) is 11.5 Å². The number of hydrogen-bond acceptors (Lipinski definition) is 3. The Balaban J connectivity index is 1.76. The predicted molar refractivity (Wildman–Crippen MR) is 83.0 cm³/mol. The fourth-order valence-electron chi connectivity index (χ4n) is 2.71. The van der Waals surface area contributed by atoms with Crippen molar-refractivity contribution in [3.8, 4) is 11.5 Å². The molecule has 0 unspecified atom stereocenters. The fourth-order valence-corrected chi connectivity index (χ4v) is 2.71. The minimum atomic E-state index is -2.72. The van der Waals surface area contributed by atoms with E-state index in [0.717, 1.165) is 5.75 Å². The van der Waals surface area contributed by atoms with Crippen molar-refractivity contribution in [1.82, 2.24) is 5.32 Å². The minimum Gasteiger partial charge on any atom is -0.497 e. The molecule has 0 radical (unpaired) electrons. The van der Waals surface area contributed by atoms with E-state index in [1.807, 2.05) is 6.92 Å². The van der Waals surface area contributed by atoms with Gasteiger partial charge in [0.15, 0.2) is 0 Å². The maximum absolute atomic E-state index is 13.3. The minimum absolute atomic E-state index is 0.117. The van der Waals surface area contributed by atoms with E-state index in [2.05, 4.69) is 5.32 Å². The van der Waals surface area contributed by atoms with Crippen LogP contribution in [0.25, 0.3) is 0 Å². The molecule has 1 aromatic carbocycles. The Morgan fingerprint density at radius 3 is 2.61 bits per heavy atom. The van der Waals surface area contributed by atoms with Gasteiger partial charge in [-0.2, -0.15) is 0 Å². The smallest absolute Gasteiger partial charge is 0.248 e. The molecule has 2 atom stereocenters. The second-order valence-electron chi connectivity index (χ2n) is 6.00. The van der Waals surface area contributed by atoms with E-state index in [4.69, 9.17) is 9.47 Å². The molecule has 2 rings (SSSR count). The van der Waals surface area contributed by atoms with E-state index < -0.39 is 11.8 Å². The molecule has 1 aliphatic rings. The monoisotopic (exact) mass is 327 g/mol. The van der Waals surface area contributed by atoms with E-state index in [1.54, 1.807) is 31.4 Å². The number of nitrogens with one attached hydrogen (secondary N) is 1. The van der Waals surface area contributed by atoms with Crippen LogP contribution in [-0.4, -0.2) is 31.6 Å². The molecule has 1 amide bonds. The third-order valence-electron chi connectivity index (χ3n) is 3.97. The summed E-state index contributed by atoms with van der Waals surface area (Å²) in [7, 11) is 1.59. The molecule has 6 heteroatoms. The van der Waals surface area contributed by atoms with Gasteiger partial charge in [0, 0.05) is 18.8 Å². The van der Waals surface area contributed by atoms with Gasteiger partial charge in [0.1, 0.15) is 17.6 Å². The Labute approximate surface area is 135 Å². The van der Waals surface area contributed by atoms with E-state index in [-0.39, 0.29) is 31.4 Å². The number of amides is 1. The highest BCUT2D eigenvalue weighted by atomic mass is 19.3. The molecule has 0 bridgehead atoms. The molecule has 1 fully saturated rings. The zero-order valence-corrected chi connectivity index (χ0v) is 13.5. The lowest BCUT2D eigenvalue weighted by Crippen LogP contribution is -2.40. The van der Waals surface area contributed by atoms with Crippen molar-refractivity contribution in [2.24, 2.45) is 5.92 Å². The van der Waals surface area contributed by atoms with Crippen LogP contribution in [0.3, 0.4) is 0 Å². The number of carbonyl (C=O) groups is 1. The van der Waals surface area contributed by atoms with Crippen molar-refractivity contribution in [2.45, 2.75) is 44.6 Å². The first-order chi connectivity index (χ1) is 10.9. The van der Waals surface area contributed by atoms with Crippen molar-refractivity contribution in [3.63, 3.8) is 0 Å². The average molecular weight is 327 g/mol. The standard InChI is InChI=1S/C17H23F2NO3/c1-12(23-15-7-5-14(22-2)6-8-15)11-20-16(21)13-4-3-9-17(18,19)10-13/h5-8,12-13H,3-4,9-11H2,1-2H3,(H,20,21)/t12-,13-/m1/s1. The van der Waals surface area contributed by atoms with Crippen LogP contribution in [-0.2, 0) is 4.79 Å². The highest BCUT2D eigenvalue weighted by molar-refractivity contribution is 5.78. The topological polar surface area (TPSA) is 47.6 Å². The van der Waals surface area contributed by atoms with Gasteiger partial charge in [0.25, 0.3) is 0 Å². The lowest BCUT2D eigenvalue weighted by Gasteiger charge is -2.28. The number of halogens is 2. The van der Waals surface area contributed by atoms with E-state index in [9.17, 15) is 13.6 Å². The van der Waals surface area contributed by atoms with Crippen LogP contribution in [0.4, 0.5) is 8.78 Å².